The molecule has 23 heavy (non-hydrogen) atoms. The molecule has 0 spiro atoms. The maximum atomic E-state index is 12.8. The van der Waals surface area contributed by atoms with Gasteiger partial charge in [0.2, 0.25) is 10.0 Å². The summed E-state index contributed by atoms with van der Waals surface area (Å²) in [7, 11) is -3.71. The van der Waals surface area contributed by atoms with Crippen LogP contribution in [0.15, 0.2) is 23.1 Å². The molecule has 0 amide bonds. The van der Waals surface area contributed by atoms with E-state index in [9.17, 15) is 18.5 Å². The normalized spacial score (nSPS) is 22.7. The van der Waals surface area contributed by atoms with Gasteiger partial charge in [0.15, 0.2) is 0 Å². The van der Waals surface area contributed by atoms with Crippen molar-refractivity contribution in [1.29, 1.82) is 0 Å². The van der Waals surface area contributed by atoms with Crippen molar-refractivity contribution >= 4 is 21.4 Å². The van der Waals surface area contributed by atoms with Crippen LogP contribution < -0.4 is 5.32 Å². The number of anilines is 1. The first-order valence-corrected chi connectivity index (χ1v) is 9.22. The lowest BCUT2D eigenvalue weighted by Gasteiger charge is -2.34. The molecule has 0 unspecified atom stereocenters. The number of nitro benzene ring substituents is 1. The van der Waals surface area contributed by atoms with Gasteiger partial charge in [-0.2, -0.15) is 4.31 Å². The predicted octanol–water partition coefficient (Wildman–Crippen LogP) is 2.69. The van der Waals surface area contributed by atoms with E-state index < -0.39 is 14.9 Å². The Balaban J connectivity index is 2.40. The molecule has 1 aromatic rings. The van der Waals surface area contributed by atoms with Crippen LogP contribution in [-0.4, -0.2) is 37.3 Å². The average molecular weight is 341 g/mol. The van der Waals surface area contributed by atoms with E-state index in [0.29, 0.717) is 25.3 Å². The summed E-state index contributed by atoms with van der Waals surface area (Å²) in [5.41, 5.74) is 0.114. The molecule has 0 saturated carbocycles. The standard InChI is InChI=1S/C15H23N3O4S/c1-4-16-14-6-5-13(8-15(14)18(19)20)23(21,22)17-9-11(2)7-12(3)10-17/h5-6,8,11-12,16H,4,7,9-10H2,1-3H3/t11-,12+. The fourth-order valence-corrected chi connectivity index (χ4v) is 4.81. The summed E-state index contributed by atoms with van der Waals surface area (Å²) in [5, 5.41) is 14.1. The van der Waals surface area contributed by atoms with Crippen molar-refractivity contribution in [3.8, 4) is 0 Å². The van der Waals surface area contributed by atoms with Crippen molar-refractivity contribution in [2.75, 3.05) is 25.0 Å². The van der Waals surface area contributed by atoms with E-state index in [1.54, 1.807) is 0 Å². The summed E-state index contributed by atoms with van der Waals surface area (Å²) in [6, 6.07) is 4.05. The number of nitrogens with one attached hydrogen (secondary N) is 1. The van der Waals surface area contributed by atoms with Crippen molar-refractivity contribution < 1.29 is 13.3 Å². The van der Waals surface area contributed by atoms with Crippen molar-refractivity contribution in [3.63, 3.8) is 0 Å². The summed E-state index contributed by atoms with van der Waals surface area (Å²) >= 11 is 0. The Hall–Kier alpha value is -1.67. The van der Waals surface area contributed by atoms with Gasteiger partial charge in [0.1, 0.15) is 5.69 Å². The highest BCUT2D eigenvalue weighted by atomic mass is 32.2. The van der Waals surface area contributed by atoms with Crippen LogP contribution in [0.5, 0.6) is 0 Å². The van der Waals surface area contributed by atoms with Gasteiger partial charge in [-0.3, -0.25) is 10.1 Å². The number of benzene rings is 1. The minimum absolute atomic E-state index is 0.0212. The van der Waals surface area contributed by atoms with Crippen LogP contribution in [0.25, 0.3) is 0 Å². The summed E-state index contributed by atoms with van der Waals surface area (Å²) < 4.78 is 27.1. The number of piperidine rings is 1. The van der Waals surface area contributed by atoms with Gasteiger partial charge in [-0.05, 0) is 37.3 Å². The number of hydrogen-bond donors (Lipinski definition) is 1. The van der Waals surface area contributed by atoms with E-state index in [2.05, 4.69) is 5.32 Å². The molecular weight excluding hydrogens is 318 g/mol. The molecule has 1 aliphatic rings. The van der Waals surface area contributed by atoms with E-state index in [4.69, 9.17) is 0 Å². The van der Waals surface area contributed by atoms with Gasteiger partial charge in [0, 0.05) is 25.7 Å². The van der Waals surface area contributed by atoms with Gasteiger partial charge in [0.05, 0.1) is 9.82 Å². The molecule has 2 atom stereocenters. The van der Waals surface area contributed by atoms with Crippen LogP contribution >= 0.6 is 0 Å². The summed E-state index contributed by atoms with van der Waals surface area (Å²) in [6.07, 6.45) is 0.992. The Labute approximate surface area is 136 Å². The maximum absolute atomic E-state index is 12.8. The second kappa shape index (κ2) is 6.84. The summed E-state index contributed by atoms with van der Waals surface area (Å²) in [5.74, 6) is 0.564. The molecule has 1 aliphatic heterocycles. The fraction of sp³-hybridized carbons (Fsp3) is 0.600. The molecule has 0 aromatic heterocycles. The Morgan fingerprint density at radius 1 is 1.30 bits per heavy atom. The Kier molecular flexibility index (Phi) is 5.26. The summed E-state index contributed by atoms with van der Waals surface area (Å²) in [4.78, 5) is 10.6. The number of nitrogens with zero attached hydrogens (tertiary/aromatic N) is 2. The van der Waals surface area contributed by atoms with Gasteiger partial charge < -0.3 is 5.32 Å². The Bertz CT molecular complexity index is 680. The van der Waals surface area contributed by atoms with Gasteiger partial charge in [-0.1, -0.05) is 13.8 Å². The first-order chi connectivity index (χ1) is 10.8. The van der Waals surface area contributed by atoms with E-state index in [1.807, 2.05) is 20.8 Å². The molecule has 0 radical (unpaired) electrons. The zero-order chi connectivity index (χ0) is 17.2. The third-order valence-corrected chi connectivity index (χ3v) is 5.83. The monoisotopic (exact) mass is 341 g/mol. The largest absolute Gasteiger partial charge is 0.380 e. The molecule has 8 heteroatoms. The topological polar surface area (TPSA) is 92.6 Å². The average Bonchev–Trinajstić information content (AvgIpc) is 2.46. The van der Waals surface area contributed by atoms with Crippen molar-refractivity contribution in [2.24, 2.45) is 11.8 Å². The first-order valence-electron chi connectivity index (χ1n) is 7.78. The van der Waals surface area contributed by atoms with Crippen LogP contribution in [0.2, 0.25) is 0 Å². The molecule has 7 nitrogen and oxygen atoms in total. The van der Waals surface area contributed by atoms with Crippen LogP contribution in [-0.2, 0) is 10.0 Å². The minimum atomic E-state index is -3.71. The highest BCUT2D eigenvalue weighted by Gasteiger charge is 2.32. The molecule has 1 saturated heterocycles. The third kappa shape index (κ3) is 3.81. The van der Waals surface area contributed by atoms with Crippen molar-refractivity contribution in [2.45, 2.75) is 32.1 Å². The second-order valence-corrected chi connectivity index (χ2v) is 8.17. The van der Waals surface area contributed by atoms with Crippen LogP contribution in [0.3, 0.4) is 0 Å². The quantitative estimate of drug-likeness (QED) is 0.656. The van der Waals surface area contributed by atoms with Crippen LogP contribution in [0, 0.1) is 22.0 Å². The number of hydrogen-bond acceptors (Lipinski definition) is 5. The van der Waals surface area contributed by atoms with Crippen molar-refractivity contribution in [1.82, 2.24) is 4.31 Å². The Morgan fingerprint density at radius 3 is 2.43 bits per heavy atom. The number of nitro groups is 1. The van der Waals surface area contributed by atoms with E-state index >= 15 is 0 Å². The highest BCUT2D eigenvalue weighted by molar-refractivity contribution is 7.89. The van der Waals surface area contributed by atoms with E-state index in [-0.39, 0.29) is 22.4 Å². The second-order valence-electron chi connectivity index (χ2n) is 6.23. The molecule has 0 bridgehead atoms. The van der Waals surface area contributed by atoms with Crippen molar-refractivity contribution in [3.05, 3.63) is 28.3 Å². The zero-order valence-corrected chi connectivity index (χ0v) is 14.5. The Morgan fingerprint density at radius 2 is 1.91 bits per heavy atom. The SMILES string of the molecule is CCNc1ccc(S(=O)(=O)N2C[C@H](C)C[C@H](C)C2)cc1[N+](=O)[O-]. The van der Waals surface area contributed by atoms with E-state index in [1.165, 1.54) is 16.4 Å². The highest BCUT2D eigenvalue weighted by Crippen LogP contribution is 2.31. The molecule has 1 aromatic carbocycles. The summed E-state index contributed by atoms with van der Waals surface area (Å²) in [6.45, 7) is 7.30. The number of rotatable bonds is 5. The zero-order valence-electron chi connectivity index (χ0n) is 13.7. The van der Waals surface area contributed by atoms with Gasteiger partial charge >= 0.3 is 0 Å². The van der Waals surface area contributed by atoms with Crippen LogP contribution in [0.4, 0.5) is 11.4 Å². The van der Waals surface area contributed by atoms with E-state index in [0.717, 1.165) is 12.5 Å². The molecule has 0 aliphatic carbocycles. The molecule has 2 rings (SSSR count). The molecular formula is C15H23N3O4S. The fourth-order valence-electron chi connectivity index (χ4n) is 3.11. The lowest BCUT2D eigenvalue weighted by atomic mass is 9.94. The molecule has 128 valence electrons. The molecule has 1 N–H and O–H groups in total. The van der Waals surface area contributed by atoms with Gasteiger partial charge in [-0.15, -0.1) is 0 Å². The van der Waals surface area contributed by atoms with Gasteiger partial charge in [-0.25, -0.2) is 8.42 Å². The first kappa shape index (κ1) is 17.7. The predicted molar refractivity (Wildman–Crippen MR) is 89.0 cm³/mol. The smallest absolute Gasteiger partial charge is 0.293 e. The maximum Gasteiger partial charge on any atom is 0.293 e. The van der Waals surface area contributed by atoms with Crippen LogP contribution in [0.1, 0.15) is 27.2 Å². The molecule has 1 heterocycles. The third-order valence-electron chi connectivity index (χ3n) is 4.01. The molecule has 1 fully saturated rings. The number of sulfonamides is 1. The van der Waals surface area contributed by atoms with Gasteiger partial charge in [0.25, 0.3) is 5.69 Å². The minimum Gasteiger partial charge on any atom is -0.380 e. The lowest BCUT2D eigenvalue weighted by Crippen LogP contribution is -2.42. The lowest BCUT2D eigenvalue weighted by molar-refractivity contribution is -0.384.